The molecular weight excluding hydrogens is 184 g/mol. The quantitative estimate of drug-likeness (QED) is 0.407. The average molecular weight is 190 g/mol. The van der Waals surface area contributed by atoms with Gasteiger partial charge in [-0.1, -0.05) is 0 Å². The number of nitrogens with two attached hydrogens (primary N) is 2. The highest BCUT2D eigenvalue weighted by atomic mass is 16.1. The van der Waals surface area contributed by atoms with Crippen LogP contribution in [0.25, 0.3) is 0 Å². The summed E-state index contributed by atoms with van der Waals surface area (Å²) >= 11 is 0. The van der Waals surface area contributed by atoms with Crippen molar-refractivity contribution in [3.63, 3.8) is 0 Å². The van der Waals surface area contributed by atoms with Gasteiger partial charge in [0.05, 0.1) is 11.4 Å². The van der Waals surface area contributed by atoms with Crippen molar-refractivity contribution in [3.05, 3.63) is 12.1 Å². The second-order valence-corrected chi connectivity index (χ2v) is 2.34. The average Bonchev–Trinajstić information content (AvgIpc) is 2.18. The lowest BCUT2D eigenvalue weighted by atomic mass is 10.2. The van der Waals surface area contributed by atoms with Crippen molar-refractivity contribution >= 4 is 34.9 Å². The topological polar surface area (TPSA) is 111 Å². The zero-order valence-corrected chi connectivity index (χ0v) is 7.02. The first kappa shape index (κ1) is 9.67. The van der Waals surface area contributed by atoms with E-state index in [9.17, 15) is 9.59 Å². The number of benzene rings is 1. The fourth-order valence-electron chi connectivity index (χ4n) is 0.915. The second-order valence-electron chi connectivity index (χ2n) is 2.34. The molecule has 0 fully saturated rings. The van der Waals surface area contributed by atoms with Gasteiger partial charge >= 0.3 is 0 Å². The molecule has 0 saturated carbocycles. The van der Waals surface area contributed by atoms with Gasteiger partial charge in [0.2, 0.25) is 12.2 Å². The molecule has 14 heavy (non-hydrogen) atoms. The number of isocyanates is 2. The van der Waals surface area contributed by atoms with E-state index in [0.717, 1.165) is 0 Å². The van der Waals surface area contributed by atoms with Crippen LogP contribution in [-0.2, 0) is 9.59 Å². The third-order valence-corrected chi connectivity index (χ3v) is 1.55. The normalized spacial score (nSPS) is 8.57. The van der Waals surface area contributed by atoms with Gasteiger partial charge in [0.1, 0.15) is 11.4 Å². The predicted molar refractivity (Wildman–Crippen MR) is 50.8 cm³/mol. The Morgan fingerprint density at radius 1 is 1.07 bits per heavy atom. The fourth-order valence-corrected chi connectivity index (χ4v) is 0.915. The van der Waals surface area contributed by atoms with Crippen molar-refractivity contribution in [2.45, 2.75) is 0 Å². The third-order valence-electron chi connectivity index (χ3n) is 1.55. The Balaban J connectivity index is 3.51. The summed E-state index contributed by atoms with van der Waals surface area (Å²) in [4.78, 5) is 26.7. The summed E-state index contributed by atoms with van der Waals surface area (Å²) in [6.07, 6.45) is 2.62. The van der Waals surface area contributed by atoms with E-state index in [1.165, 1.54) is 24.3 Å². The van der Waals surface area contributed by atoms with Gasteiger partial charge in [-0.15, -0.1) is 0 Å². The van der Waals surface area contributed by atoms with Crippen LogP contribution in [0.15, 0.2) is 22.1 Å². The van der Waals surface area contributed by atoms with Crippen LogP contribution >= 0.6 is 0 Å². The lowest BCUT2D eigenvalue weighted by Crippen LogP contribution is -1.94. The van der Waals surface area contributed by atoms with E-state index in [2.05, 4.69) is 9.98 Å². The Labute approximate surface area is 79.0 Å². The van der Waals surface area contributed by atoms with Crippen molar-refractivity contribution < 1.29 is 9.59 Å². The Hall–Kier alpha value is -2.42. The van der Waals surface area contributed by atoms with Gasteiger partial charge in [-0.05, 0) is 12.1 Å². The van der Waals surface area contributed by atoms with Gasteiger partial charge in [0.25, 0.3) is 0 Å². The molecule has 0 aliphatic carbocycles. The maximum Gasteiger partial charge on any atom is 0.240 e. The molecule has 0 atom stereocenters. The van der Waals surface area contributed by atoms with Crippen LogP contribution in [-0.4, -0.2) is 12.2 Å². The highest BCUT2D eigenvalue weighted by Gasteiger charge is 2.07. The number of nitrogens with zero attached hydrogens (tertiary/aromatic N) is 2. The molecule has 6 nitrogen and oxygen atoms in total. The van der Waals surface area contributed by atoms with Crippen LogP contribution < -0.4 is 11.5 Å². The highest BCUT2D eigenvalue weighted by Crippen LogP contribution is 2.36. The molecule has 1 aromatic carbocycles. The standard InChI is InChI=1S/C8H6N4O2/c9-5-1-2-6(11-3-13)8(7(5)10)12-4-14/h1-2H,9-10H2. The third kappa shape index (κ3) is 1.67. The van der Waals surface area contributed by atoms with Crippen LogP contribution in [0, 0.1) is 0 Å². The fraction of sp³-hybridized carbons (Fsp3) is 0. The number of hydrogen-bond acceptors (Lipinski definition) is 6. The summed E-state index contributed by atoms with van der Waals surface area (Å²) in [5.41, 5.74) is 11.5. The molecule has 0 bridgehead atoms. The molecule has 0 unspecified atom stereocenters. The van der Waals surface area contributed by atoms with E-state index < -0.39 is 0 Å². The molecule has 0 aromatic heterocycles. The minimum atomic E-state index is 0.0309. The first-order valence-corrected chi connectivity index (χ1v) is 3.54. The molecule has 6 heteroatoms. The van der Waals surface area contributed by atoms with Crippen molar-refractivity contribution in [1.82, 2.24) is 0 Å². The van der Waals surface area contributed by atoms with Crippen LogP contribution in [0.1, 0.15) is 0 Å². The number of anilines is 2. The van der Waals surface area contributed by atoms with E-state index in [-0.39, 0.29) is 22.7 Å². The van der Waals surface area contributed by atoms with Crippen molar-refractivity contribution in [3.8, 4) is 0 Å². The Kier molecular flexibility index (Phi) is 2.76. The van der Waals surface area contributed by atoms with Gasteiger partial charge in [-0.2, -0.15) is 9.98 Å². The molecule has 1 aromatic rings. The number of rotatable bonds is 2. The molecule has 4 N–H and O–H groups in total. The van der Waals surface area contributed by atoms with Crippen LogP contribution in [0.3, 0.4) is 0 Å². The van der Waals surface area contributed by atoms with E-state index in [1.807, 2.05) is 0 Å². The molecule has 0 aliphatic rings. The summed E-state index contributed by atoms with van der Waals surface area (Å²) in [6.45, 7) is 0. The van der Waals surface area contributed by atoms with Crippen LogP contribution in [0.5, 0.6) is 0 Å². The molecule has 0 radical (unpaired) electrons. The Morgan fingerprint density at radius 2 is 1.71 bits per heavy atom. The van der Waals surface area contributed by atoms with Crippen molar-refractivity contribution in [2.75, 3.05) is 11.5 Å². The number of carbonyl (C=O) groups excluding carboxylic acids is 2. The van der Waals surface area contributed by atoms with E-state index in [4.69, 9.17) is 11.5 Å². The van der Waals surface area contributed by atoms with Gasteiger partial charge in [0.15, 0.2) is 0 Å². The maximum atomic E-state index is 10.1. The van der Waals surface area contributed by atoms with E-state index in [1.54, 1.807) is 0 Å². The van der Waals surface area contributed by atoms with E-state index >= 15 is 0 Å². The van der Waals surface area contributed by atoms with Crippen LogP contribution in [0.4, 0.5) is 22.7 Å². The number of aliphatic imine (C=N–C) groups is 2. The minimum absolute atomic E-state index is 0.0309. The Morgan fingerprint density at radius 3 is 2.29 bits per heavy atom. The first-order valence-electron chi connectivity index (χ1n) is 3.54. The monoisotopic (exact) mass is 190 g/mol. The van der Waals surface area contributed by atoms with Gasteiger partial charge in [0, 0.05) is 0 Å². The van der Waals surface area contributed by atoms with Gasteiger partial charge < -0.3 is 11.5 Å². The summed E-state index contributed by atoms with van der Waals surface area (Å²) < 4.78 is 0. The van der Waals surface area contributed by atoms with Crippen molar-refractivity contribution in [1.29, 1.82) is 0 Å². The molecule has 70 valence electrons. The van der Waals surface area contributed by atoms with Crippen LogP contribution in [0.2, 0.25) is 0 Å². The summed E-state index contributed by atoms with van der Waals surface area (Å²) in [5, 5.41) is 0. The maximum absolute atomic E-state index is 10.1. The molecule has 0 spiro atoms. The summed E-state index contributed by atoms with van der Waals surface area (Å²) in [5.74, 6) is 0. The zero-order valence-electron chi connectivity index (χ0n) is 7.02. The zero-order chi connectivity index (χ0) is 10.6. The smallest absolute Gasteiger partial charge is 0.240 e. The molecule has 0 amide bonds. The second kappa shape index (κ2) is 4.00. The van der Waals surface area contributed by atoms with Gasteiger partial charge in [-0.25, -0.2) is 9.59 Å². The largest absolute Gasteiger partial charge is 0.397 e. The molecular formula is C8H6N4O2. The highest BCUT2D eigenvalue weighted by molar-refractivity contribution is 5.87. The summed E-state index contributed by atoms with van der Waals surface area (Å²) in [6, 6.07) is 2.86. The lowest BCUT2D eigenvalue weighted by Gasteiger charge is -2.03. The number of nitrogen functional groups attached to an aromatic ring is 2. The minimum Gasteiger partial charge on any atom is -0.397 e. The van der Waals surface area contributed by atoms with E-state index in [0.29, 0.717) is 0 Å². The number of hydrogen-bond donors (Lipinski definition) is 2. The summed E-state index contributed by atoms with van der Waals surface area (Å²) in [7, 11) is 0. The lowest BCUT2D eigenvalue weighted by molar-refractivity contribution is 0.564. The molecule has 0 heterocycles. The molecule has 0 aliphatic heterocycles. The van der Waals surface area contributed by atoms with Crippen molar-refractivity contribution in [2.24, 2.45) is 9.98 Å². The first-order chi connectivity index (χ1) is 6.70. The molecule has 0 saturated heterocycles. The Bertz CT molecular complexity index is 457. The predicted octanol–water partition coefficient (Wildman–Crippen LogP) is 0.786. The SMILES string of the molecule is Nc1ccc(N=C=O)c(N=C=O)c1N. The molecule has 1 rings (SSSR count). The van der Waals surface area contributed by atoms with Gasteiger partial charge in [-0.3, -0.25) is 0 Å².